The fraction of sp³-hybridized carbons (Fsp3) is 0.381. The van der Waals surface area contributed by atoms with Gasteiger partial charge in [0.2, 0.25) is 0 Å². The third kappa shape index (κ3) is 4.17. The third-order valence-corrected chi connectivity index (χ3v) is 4.97. The van der Waals surface area contributed by atoms with Gasteiger partial charge in [-0.25, -0.2) is 0 Å². The van der Waals surface area contributed by atoms with Crippen molar-refractivity contribution in [1.82, 2.24) is 10.2 Å². The first-order chi connectivity index (χ1) is 12.6. The Labute approximate surface area is 154 Å². The van der Waals surface area contributed by atoms with Crippen LogP contribution in [0.5, 0.6) is 11.5 Å². The number of likely N-dealkylation sites (tertiary alicyclic amines) is 1. The van der Waals surface area contributed by atoms with Crippen molar-refractivity contribution in [3.8, 4) is 11.5 Å². The summed E-state index contributed by atoms with van der Waals surface area (Å²) in [6.45, 7) is 1.89. The Kier molecular flexibility index (Phi) is 5.78. The first kappa shape index (κ1) is 18.3. The SMILES string of the molecule is COc1cc(OC)cc(C(=O)N[C@@H]2CCN(C)C[C@@H]2c2ccccc2)c1. The molecule has 2 atom stereocenters. The monoisotopic (exact) mass is 354 g/mol. The van der Waals surface area contributed by atoms with Crippen LogP contribution in [0.2, 0.25) is 0 Å². The van der Waals surface area contributed by atoms with Gasteiger partial charge in [-0.2, -0.15) is 0 Å². The number of rotatable bonds is 5. The molecule has 0 bridgehead atoms. The summed E-state index contributed by atoms with van der Waals surface area (Å²) < 4.78 is 10.6. The number of carbonyl (C=O) groups excluding carboxylic acids is 1. The van der Waals surface area contributed by atoms with Crippen LogP contribution in [0.15, 0.2) is 48.5 Å². The highest BCUT2D eigenvalue weighted by atomic mass is 16.5. The number of carbonyl (C=O) groups is 1. The maximum Gasteiger partial charge on any atom is 0.251 e. The van der Waals surface area contributed by atoms with E-state index in [1.807, 2.05) is 6.07 Å². The van der Waals surface area contributed by atoms with Crippen LogP contribution in [0.3, 0.4) is 0 Å². The fourth-order valence-electron chi connectivity index (χ4n) is 3.52. The summed E-state index contributed by atoms with van der Waals surface area (Å²) >= 11 is 0. The predicted octanol–water partition coefficient (Wildman–Crippen LogP) is 2.92. The van der Waals surface area contributed by atoms with Crippen molar-refractivity contribution >= 4 is 5.91 Å². The number of amides is 1. The highest BCUT2D eigenvalue weighted by Gasteiger charge is 2.30. The number of hydrogen-bond acceptors (Lipinski definition) is 4. The maximum absolute atomic E-state index is 12.9. The van der Waals surface area contributed by atoms with Crippen molar-refractivity contribution in [2.24, 2.45) is 0 Å². The van der Waals surface area contributed by atoms with Crippen LogP contribution in [0.25, 0.3) is 0 Å². The lowest BCUT2D eigenvalue weighted by Gasteiger charge is -2.37. The summed E-state index contributed by atoms with van der Waals surface area (Å²) in [5.41, 5.74) is 1.81. The molecule has 2 aromatic rings. The number of methoxy groups -OCH3 is 2. The normalized spacial score (nSPS) is 20.4. The second-order valence-corrected chi connectivity index (χ2v) is 6.75. The molecule has 1 aliphatic rings. The van der Waals surface area contributed by atoms with Gasteiger partial charge in [0, 0.05) is 30.1 Å². The Hall–Kier alpha value is -2.53. The van der Waals surface area contributed by atoms with Gasteiger partial charge in [0.25, 0.3) is 5.91 Å². The highest BCUT2D eigenvalue weighted by Crippen LogP contribution is 2.28. The Morgan fingerprint density at radius 3 is 2.35 bits per heavy atom. The molecule has 1 aliphatic heterocycles. The minimum absolute atomic E-state index is 0.0956. The van der Waals surface area contributed by atoms with Crippen LogP contribution < -0.4 is 14.8 Å². The van der Waals surface area contributed by atoms with Gasteiger partial charge in [0.05, 0.1) is 14.2 Å². The third-order valence-electron chi connectivity index (χ3n) is 4.97. The topological polar surface area (TPSA) is 50.8 Å². The minimum Gasteiger partial charge on any atom is -0.497 e. The number of benzene rings is 2. The van der Waals surface area contributed by atoms with Gasteiger partial charge >= 0.3 is 0 Å². The molecular weight excluding hydrogens is 328 g/mol. The molecule has 1 saturated heterocycles. The zero-order chi connectivity index (χ0) is 18.5. The second-order valence-electron chi connectivity index (χ2n) is 6.75. The van der Waals surface area contributed by atoms with Gasteiger partial charge in [0.15, 0.2) is 0 Å². The zero-order valence-corrected chi connectivity index (χ0v) is 15.6. The summed E-state index contributed by atoms with van der Waals surface area (Å²) in [7, 11) is 5.29. The van der Waals surface area contributed by atoms with Crippen molar-refractivity contribution in [2.75, 3.05) is 34.4 Å². The smallest absolute Gasteiger partial charge is 0.251 e. The summed E-state index contributed by atoms with van der Waals surface area (Å²) in [5.74, 6) is 1.39. The van der Waals surface area contributed by atoms with Gasteiger partial charge in [-0.1, -0.05) is 30.3 Å². The van der Waals surface area contributed by atoms with Gasteiger partial charge in [0.1, 0.15) is 11.5 Å². The molecule has 1 heterocycles. The fourth-order valence-corrected chi connectivity index (χ4v) is 3.52. The average Bonchev–Trinajstić information content (AvgIpc) is 2.69. The predicted molar refractivity (Wildman–Crippen MR) is 102 cm³/mol. The molecule has 2 aromatic carbocycles. The minimum atomic E-state index is -0.0994. The van der Waals surface area contributed by atoms with E-state index in [9.17, 15) is 4.79 Å². The number of nitrogens with one attached hydrogen (secondary N) is 1. The maximum atomic E-state index is 12.9. The Morgan fingerprint density at radius 1 is 1.08 bits per heavy atom. The van der Waals surface area contributed by atoms with E-state index in [1.54, 1.807) is 32.4 Å². The lowest BCUT2D eigenvalue weighted by Crippen LogP contribution is -2.48. The van der Waals surface area contributed by atoms with E-state index in [4.69, 9.17) is 9.47 Å². The summed E-state index contributed by atoms with van der Waals surface area (Å²) in [6.07, 6.45) is 0.920. The molecule has 5 nitrogen and oxygen atoms in total. The molecule has 0 aromatic heterocycles. The molecule has 1 fully saturated rings. The molecule has 26 heavy (non-hydrogen) atoms. The van der Waals surface area contributed by atoms with Gasteiger partial charge in [-0.15, -0.1) is 0 Å². The second kappa shape index (κ2) is 8.23. The summed E-state index contributed by atoms with van der Waals surface area (Å²) in [4.78, 5) is 15.2. The Balaban J connectivity index is 1.80. The number of piperidine rings is 1. The lowest BCUT2D eigenvalue weighted by atomic mass is 9.86. The van der Waals surface area contributed by atoms with Crippen molar-refractivity contribution in [3.63, 3.8) is 0 Å². The van der Waals surface area contributed by atoms with Crippen LogP contribution in [0.4, 0.5) is 0 Å². The average molecular weight is 354 g/mol. The zero-order valence-electron chi connectivity index (χ0n) is 15.6. The van der Waals surface area contributed by atoms with Crippen molar-refractivity contribution in [3.05, 3.63) is 59.7 Å². The van der Waals surface area contributed by atoms with Crippen molar-refractivity contribution in [1.29, 1.82) is 0 Å². The van der Waals surface area contributed by atoms with Crippen LogP contribution in [0, 0.1) is 0 Å². The van der Waals surface area contributed by atoms with Gasteiger partial charge < -0.3 is 19.7 Å². The Morgan fingerprint density at radius 2 is 1.73 bits per heavy atom. The van der Waals surface area contributed by atoms with Gasteiger partial charge in [-0.3, -0.25) is 4.79 Å². The first-order valence-corrected chi connectivity index (χ1v) is 8.88. The van der Waals surface area contributed by atoms with Crippen LogP contribution in [0.1, 0.15) is 28.3 Å². The highest BCUT2D eigenvalue weighted by molar-refractivity contribution is 5.95. The van der Waals surface area contributed by atoms with E-state index in [-0.39, 0.29) is 17.9 Å². The molecule has 0 spiro atoms. The van der Waals surface area contributed by atoms with Gasteiger partial charge in [-0.05, 0) is 37.7 Å². The molecular formula is C21H26N2O3. The van der Waals surface area contributed by atoms with Crippen molar-refractivity contribution in [2.45, 2.75) is 18.4 Å². The van der Waals surface area contributed by atoms with Crippen LogP contribution in [-0.4, -0.2) is 51.2 Å². The standard InChI is InChI=1S/C21H26N2O3/c1-23-10-9-20(19(14-23)15-7-5-4-6-8-15)22-21(24)16-11-17(25-2)13-18(12-16)26-3/h4-8,11-13,19-20H,9-10,14H2,1-3H3,(H,22,24)/t19-,20-/m1/s1. The largest absolute Gasteiger partial charge is 0.497 e. The van der Waals surface area contributed by atoms with E-state index in [0.29, 0.717) is 17.1 Å². The van der Waals surface area contributed by atoms with E-state index in [1.165, 1.54) is 5.56 Å². The van der Waals surface area contributed by atoms with Crippen LogP contribution in [-0.2, 0) is 0 Å². The molecule has 5 heteroatoms. The summed E-state index contributed by atoms with van der Waals surface area (Å²) in [5, 5.41) is 3.23. The molecule has 138 valence electrons. The van der Waals surface area contributed by atoms with E-state index < -0.39 is 0 Å². The van der Waals surface area contributed by atoms with Crippen molar-refractivity contribution < 1.29 is 14.3 Å². The molecule has 0 unspecified atom stereocenters. The number of hydrogen-bond donors (Lipinski definition) is 1. The van der Waals surface area contributed by atoms with E-state index in [2.05, 4.69) is 41.5 Å². The Bertz CT molecular complexity index is 726. The molecule has 0 saturated carbocycles. The lowest BCUT2D eigenvalue weighted by molar-refractivity contribution is 0.0904. The molecule has 0 radical (unpaired) electrons. The number of likely N-dealkylation sites (N-methyl/N-ethyl adjacent to an activating group) is 1. The molecule has 1 amide bonds. The molecule has 1 N–H and O–H groups in total. The van der Waals surface area contributed by atoms with E-state index in [0.717, 1.165) is 19.5 Å². The van der Waals surface area contributed by atoms with E-state index >= 15 is 0 Å². The number of nitrogens with zero attached hydrogens (tertiary/aromatic N) is 1. The number of ether oxygens (including phenoxy) is 2. The van der Waals surface area contributed by atoms with Crippen LogP contribution >= 0.6 is 0 Å². The summed E-state index contributed by atoms with van der Waals surface area (Å²) in [6, 6.07) is 15.7. The molecule has 3 rings (SSSR count). The molecule has 0 aliphatic carbocycles. The quantitative estimate of drug-likeness (QED) is 0.897. The first-order valence-electron chi connectivity index (χ1n) is 8.88.